The van der Waals surface area contributed by atoms with Crippen LogP contribution in [0.2, 0.25) is 0 Å². The van der Waals surface area contributed by atoms with Crippen LogP contribution < -0.4 is 5.32 Å². The highest BCUT2D eigenvalue weighted by Gasteiger charge is 2.30. The van der Waals surface area contributed by atoms with Crippen LogP contribution in [0.4, 0.5) is 0 Å². The summed E-state index contributed by atoms with van der Waals surface area (Å²) in [6.07, 6.45) is 3.56. The molecule has 2 aromatic heterocycles. The van der Waals surface area contributed by atoms with Crippen molar-refractivity contribution in [1.29, 1.82) is 0 Å². The molecular weight excluding hydrogens is 398 g/mol. The highest BCUT2D eigenvalue weighted by molar-refractivity contribution is 7.89. The zero-order valence-corrected chi connectivity index (χ0v) is 17.3. The first kappa shape index (κ1) is 19.6. The van der Waals surface area contributed by atoms with Crippen molar-refractivity contribution in [2.45, 2.75) is 43.4 Å². The monoisotopic (exact) mass is 423 g/mol. The molecule has 7 nitrogen and oxygen atoms in total. The molecule has 0 spiro atoms. The predicted molar refractivity (Wildman–Crippen MR) is 107 cm³/mol. The Morgan fingerprint density at radius 3 is 2.57 bits per heavy atom. The van der Waals surface area contributed by atoms with Crippen molar-refractivity contribution in [3.8, 4) is 0 Å². The molecule has 0 saturated carbocycles. The molecule has 1 N–H and O–H groups in total. The third-order valence-electron chi connectivity index (χ3n) is 5.34. The van der Waals surface area contributed by atoms with Crippen molar-refractivity contribution >= 4 is 27.3 Å². The van der Waals surface area contributed by atoms with Gasteiger partial charge >= 0.3 is 0 Å². The number of hydrogen-bond acceptors (Lipinski definition) is 6. The van der Waals surface area contributed by atoms with E-state index < -0.39 is 10.0 Å². The summed E-state index contributed by atoms with van der Waals surface area (Å²) in [4.78, 5) is 15.1. The molecule has 0 atom stereocenters. The Kier molecular flexibility index (Phi) is 5.86. The molecule has 1 amide bonds. The van der Waals surface area contributed by atoms with E-state index in [4.69, 9.17) is 4.42 Å². The van der Waals surface area contributed by atoms with E-state index in [9.17, 15) is 13.2 Å². The molecule has 0 aliphatic carbocycles. The summed E-state index contributed by atoms with van der Waals surface area (Å²) >= 11 is 1.45. The van der Waals surface area contributed by atoms with E-state index in [0.717, 1.165) is 43.6 Å². The molecule has 9 heteroatoms. The number of hydrogen-bond donors (Lipinski definition) is 1. The van der Waals surface area contributed by atoms with Gasteiger partial charge in [-0.1, -0.05) is 6.07 Å². The van der Waals surface area contributed by atoms with Gasteiger partial charge in [0.15, 0.2) is 0 Å². The van der Waals surface area contributed by atoms with E-state index in [-0.39, 0.29) is 17.0 Å². The Morgan fingerprint density at radius 2 is 1.89 bits per heavy atom. The fraction of sp³-hybridized carbons (Fsp3) is 0.526. The van der Waals surface area contributed by atoms with Crippen molar-refractivity contribution in [2.75, 3.05) is 26.2 Å². The first-order valence-electron chi connectivity index (χ1n) is 9.68. The number of nitrogens with zero attached hydrogens (tertiary/aromatic N) is 2. The van der Waals surface area contributed by atoms with E-state index >= 15 is 0 Å². The number of amides is 1. The predicted octanol–water partition coefficient (Wildman–Crippen LogP) is 2.52. The van der Waals surface area contributed by atoms with Crippen LogP contribution in [-0.4, -0.2) is 55.8 Å². The second-order valence-corrected chi connectivity index (χ2v) is 10.1. The number of sulfonamides is 1. The number of nitrogens with one attached hydrogen (secondary N) is 1. The zero-order valence-electron chi connectivity index (χ0n) is 15.7. The zero-order chi connectivity index (χ0) is 19.6. The van der Waals surface area contributed by atoms with Crippen molar-refractivity contribution in [2.24, 2.45) is 0 Å². The van der Waals surface area contributed by atoms with Crippen LogP contribution in [0.5, 0.6) is 0 Å². The van der Waals surface area contributed by atoms with Crippen LogP contribution in [-0.2, 0) is 16.6 Å². The van der Waals surface area contributed by atoms with E-state index in [1.165, 1.54) is 15.6 Å². The Balaban J connectivity index is 1.28. The molecule has 0 aromatic carbocycles. The molecule has 152 valence electrons. The van der Waals surface area contributed by atoms with Gasteiger partial charge in [-0.15, -0.1) is 11.3 Å². The SMILES string of the molecule is O=C(NC1CCN(Cc2ccc(S(=O)(=O)N3CCCC3)o2)CC1)c1cccs1. The van der Waals surface area contributed by atoms with E-state index in [1.54, 1.807) is 12.1 Å². The molecular formula is C19H25N3O4S2. The molecule has 2 aliphatic heterocycles. The van der Waals surface area contributed by atoms with Crippen molar-refractivity contribution in [1.82, 2.24) is 14.5 Å². The van der Waals surface area contributed by atoms with Gasteiger partial charge in [0.25, 0.3) is 15.9 Å². The topological polar surface area (TPSA) is 82.9 Å². The van der Waals surface area contributed by atoms with Crippen molar-refractivity contribution in [3.05, 3.63) is 40.3 Å². The van der Waals surface area contributed by atoms with E-state index in [2.05, 4.69) is 10.2 Å². The van der Waals surface area contributed by atoms with Crippen LogP contribution in [0.1, 0.15) is 41.1 Å². The minimum atomic E-state index is -3.50. The molecule has 0 unspecified atom stereocenters. The summed E-state index contributed by atoms with van der Waals surface area (Å²) in [5.41, 5.74) is 0. The minimum Gasteiger partial charge on any atom is -0.447 e. The van der Waals surface area contributed by atoms with Crippen LogP contribution in [0.3, 0.4) is 0 Å². The van der Waals surface area contributed by atoms with Gasteiger partial charge in [0.2, 0.25) is 5.09 Å². The van der Waals surface area contributed by atoms with Gasteiger partial charge in [-0.25, -0.2) is 8.42 Å². The van der Waals surface area contributed by atoms with Gasteiger partial charge in [-0.2, -0.15) is 4.31 Å². The van der Waals surface area contributed by atoms with Gasteiger partial charge in [0.1, 0.15) is 5.76 Å². The summed E-state index contributed by atoms with van der Waals surface area (Å²) in [5.74, 6) is 0.662. The standard InChI is InChI=1S/C19H25N3O4S2/c23-19(17-4-3-13-27-17)20-15-7-11-21(12-8-15)14-16-5-6-18(26-16)28(24,25)22-9-1-2-10-22/h3-6,13,15H,1-2,7-12,14H2,(H,20,23). The minimum absolute atomic E-state index is 0.00348. The molecule has 2 saturated heterocycles. The number of thiophene rings is 1. The number of furan rings is 1. The number of carbonyl (C=O) groups excluding carboxylic acids is 1. The Bertz CT molecular complexity index is 894. The Morgan fingerprint density at radius 1 is 1.14 bits per heavy atom. The molecule has 0 radical (unpaired) electrons. The Labute approximate surface area is 169 Å². The third-order valence-corrected chi connectivity index (χ3v) is 7.98. The molecule has 2 aromatic rings. The first-order valence-corrected chi connectivity index (χ1v) is 12.0. The van der Waals surface area contributed by atoms with Gasteiger partial charge in [-0.05, 0) is 49.3 Å². The summed E-state index contributed by atoms with van der Waals surface area (Å²) in [6, 6.07) is 7.21. The molecule has 0 bridgehead atoms. The fourth-order valence-corrected chi connectivity index (χ4v) is 5.83. The molecule has 4 rings (SSSR count). The fourth-order valence-electron chi connectivity index (χ4n) is 3.76. The van der Waals surface area contributed by atoms with Gasteiger partial charge in [-0.3, -0.25) is 9.69 Å². The second-order valence-electron chi connectivity index (χ2n) is 7.33. The van der Waals surface area contributed by atoms with Gasteiger partial charge in [0.05, 0.1) is 11.4 Å². The average Bonchev–Trinajstić information content (AvgIpc) is 3.45. The number of likely N-dealkylation sites (tertiary alicyclic amines) is 1. The average molecular weight is 424 g/mol. The summed E-state index contributed by atoms with van der Waals surface area (Å²) in [5, 5.41) is 5.04. The maximum absolute atomic E-state index is 12.6. The maximum atomic E-state index is 12.6. The summed E-state index contributed by atoms with van der Waals surface area (Å²) in [6.45, 7) is 3.40. The lowest BCUT2D eigenvalue weighted by atomic mass is 10.0. The number of rotatable bonds is 6. The Hall–Kier alpha value is -1.68. The van der Waals surface area contributed by atoms with E-state index in [0.29, 0.717) is 25.4 Å². The largest absolute Gasteiger partial charge is 0.447 e. The summed E-state index contributed by atoms with van der Waals surface area (Å²) in [7, 11) is -3.50. The molecule has 4 heterocycles. The quantitative estimate of drug-likeness (QED) is 0.772. The normalized spacial score (nSPS) is 19.9. The van der Waals surface area contributed by atoms with Gasteiger partial charge in [0, 0.05) is 32.2 Å². The van der Waals surface area contributed by atoms with Crippen molar-refractivity contribution < 1.29 is 17.6 Å². The highest BCUT2D eigenvalue weighted by atomic mass is 32.2. The van der Waals surface area contributed by atoms with Crippen molar-refractivity contribution in [3.63, 3.8) is 0 Å². The van der Waals surface area contributed by atoms with Crippen LogP contribution >= 0.6 is 11.3 Å². The van der Waals surface area contributed by atoms with Crippen LogP contribution in [0.25, 0.3) is 0 Å². The highest BCUT2D eigenvalue weighted by Crippen LogP contribution is 2.24. The maximum Gasteiger partial charge on any atom is 0.276 e. The van der Waals surface area contributed by atoms with E-state index in [1.807, 2.05) is 17.5 Å². The van der Waals surface area contributed by atoms with Crippen LogP contribution in [0.15, 0.2) is 39.2 Å². The summed E-state index contributed by atoms with van der Waals surface area (Å²) < 4.78 is 32.3. The first-order chi connectivity index (χ1) is 13.5. The molecule has 2 fully saturated rings. The number of carbonyl (C=O) groups is 1. The molecule has 2 aliphatic rings. The number of piperidine rings is 1. The lowest BCUT2D eigenvalue weighted by Crippen LogP contribution is -2.44. The van der Waals surface area contributed by atoms with Gasteiger partial charge < -0.3 is 9.73 Å². The lowest BCUT2D eigenvalue weighted by Gasteiger charge is -2.31. The third kappa shape index (κ3) is 4.32. The lowest BCUT2D eigenvalue weighted by molar-refractivity contribution is 0.0910. The molecule has 28 heavy (non-hydrogen) atoms. The van der Waals surface area contributed by atoms with Crippen LogP contribution in [0, 0.1) is 0 Å². The smallest absolute Gasteiger partial charge is 0.276 e. The second kappa shape index (κ2) is 8.36.